The molecule has 0 spiro atoms. The number of benzene rings is 1. The topological polar surface area (TPSA) is 12.0 Å². The normalized spacial score (nSPS) is 23.2. The predicted octanol–water partition coefficient (Wildman–Crippen LogP) is 5.32. The molecular weight excluding hydrogens is 278 g/mol. The Morgan fingerprint density at radius 1 is 1.05 bits per heavy atom. The van der Waals surface area contributed by atoms with Crippen LogP contribution >= 0.6 is 11.6 Å². The van der Waals surface area contributed by atoms with E-state index < -0.39 is 0 Å². The lowest BCUT2D eigenvalue weighted by atomic mass is 9.83. The van der Waals surface area contributed by atoms with Gasteiger partial charge in [-0.1, -0.05) is 56.8 Å². The highest BCUT2D eigenvalue weighted by Gasteiger charge is 2.23. The van der Waals surface area contributed by atoms with Crippen LogP contribution in [0.1, 0.15) is 51.5 Å². The monoisotopic (exact) mass is 307 g/mol. The first-order valence-corrected chi connectivity index (χ1v) is 8.98. The lowest BCUT2D eigenvalue weighted by Gasteiger charge is -2.26. The quantitative estimate of drug-likeness (QED) is 0.701. The third-order valence-corrected chi connectivity index (χ3v) is 4.94. The lowest BCUT2D eigenvalue weighted by molar-refractivity contribution is 0.294. The number of hydrogen-bond donors (Lipinski definition) is 1. The Morgan fingerprint density at radius 2 is 1.71 bits per heavy atom. The number of nitrogens with one attached hydrogen (secondary N) is 1. The molecule has 0 amide bonds. The van der Waals surface area contributed by atoms with Gasteiger partial charge in [-0.25, -0.2) is 0 Å². The van der Waals surface area contributed by atoms with Gasteiger partial charge in [0, 0.05) is 5.02 Å². The Hall–Kier alpha value is -0.530. The van der Waals surface area contributed by atoms with Crippen molar-refractivity contribution in [3.05, 3.63) is 34.9 Å². The van der Waals surface area contributed by atoms with Crippen LogP contribution in [-0.4, -0.2) is 13.1 Å². The molecule has 2 rings (SSSR count). The lowest BCUT2D eigenvalue weighted by Crippen LogP contribution is -2.31. The van der Waals surface area contributed by atoms with E-state index in [1.54, 1.807) is 0 Å². The molecule has 2 atom stereocenters. The van der Waals surface area contributed by atoms with E-state index in [-0.39, 0.29) is 0 Å². The largest absolute Gasteiger partial charge is 0.316 e. The first-order chi connectivity index (χ1) is 10.1. The zero-order valence-corrected chi connectivity index (χ0v) is 14.3. The molecule has 1 fully saturated rings. The number of rotatable bonds is 6. The van der Waals surface area contributed by atoms with E-state index in [2.05, 4.69) is 31.3 Å². The van der Waals surface area contributed by atoms with Gasteiger partial charge in [-0.15, -0.1) is 0 Å². The van der Waals surface area contributed by atoms with Crippen LogP contribution in [0.3, 0.4) is 0 Å². The summed E-state index contributed by atoms with van der Waals surface area (Å²) in [5, 5.41) is 4.53. The van der Waals surface area contributed by atoms with Crippen molar-refractivity contribution in [3.8, 4) is 0 Å². The molecule has 2 heteroatoms. The molecule has 1 saturated carbocycles. The highest BCUT2D eigenvalue weighted by Crippen LogP contribution is 2.31. The Labute approximate surface area is 135 Å². The summed E-state index contributed by atoms with van der Waals surface area (Å²) in [6.45, 7) is 6.90. The average Bonchev–Trinajstić information content (AvgIpc) is 2.67. The molecule has 0 bridgehead atoms. The van der Waals surface area contributed by atoms with Crippen molar-refractivity contribution < 1.29 is 0 Å². The molecule has 1 N–H and O–H groups in total. The summed E-state index contributed by atoms with van der Waals surface area (Å²) in [4.78, 5) is 0. The molecular formula is C19H30ClN. The van der Waals surface area contributed by atoms with Crippen molar-refractivity contribution in [1.82, 2.24) is 5.32 Å². The molecule has 0 saturated heterocycles. The minimum atomic E-state index is 0.741. The maximum Gasteiger partial charge on any atom is 0.0406 e. The average molecular weight is 308 g/mol. The molecule has 118 valence electrons. The van der Waals surface area contributed by atoms with Gasteiger partial charge in [0.2, 0.25) is 0 Å². The first-order valence-electron chi connectivity index (χ1n) is 8.60. The van der Waals surface area contributed by atoms with E-state index in [0.29, 0.717) is 0 Å². The van der Waals surface area contributed by atoms with Crippen molar-refractivity contribution in [3.63, 3.8) is 0 Å². The van der Waals surface area contributed by atoms with E-state index in [0.717, 1.165) is 29.3 Å². The Bertz CT molecular complexity index is 399. The third-order valence-electron chi connectivity index (χ3n) is 4.69. The van der Waals surface area contributed by atoms with Crippen LogP contribution in [0.2, 0.25) is 5.02 Å². The molecule has 1 aromatic rings. The van der Waals surface area contributed by atoms with E-state index in [4.69, 9.17) is 11.6 Å². The van der Waals surface area contributed by atoms with Crippen LogP contribution in [0.15, 0.2) is 24.3 Å². The van der Waals surface area contributed by atoms with Crippen LogP contribution in [-0.2, 0) is 6.42 Å². The van der Waals surface area contributed by atoms with E-state index >= 15 is 0 Å². The highest BCUT2D eigenvalue weighted by atomic mass is 35.5. The highest BCUT2D eigenvalue weighted by molar-refractivity contribution is 6.30. The molecule has 21 heavy (non-hydrogen) atoms. The molecule has 0 radical (unpaired) electrons. The smallest absolute Gasteiger partial charge is 0.0406 e. The first kappa shape index (κ1) is 16.8. The van der Waals surface area contributed by atoms with Crippen molar-refractivity contribution in [1.29, 1.82) is 0 Å². The van der Waals surface area contributed by atoms with E-state index in [1.165, 1.54) is 50.6 Å². The van der Waals surface area contributed by atoms with Crippen molar-refractivity contribution in [2.24, 2.45) is 17.8 Å². The Balaban J connectivity index is 1.93. The van der Waals surface area contributed by atoms with E-state index in [9.17, 15) is 0 Å². The van der Waals surface area contributed by atoms with Gasteiger partial charge in [-0.2, -0.15) is 0 Å². The SMILES string of the molecule is CC(C)CNCC1CCCCCC1Cc1ccc(Cl)cc1. The maximum atomic E-state index is 6.00. The second kappa shape index (κ2) is 8.80. The fraction of sp³-hybridized carbons (Fsp3) is 0.684. The minimum Gasteiger partial charge on any atom is -0.316 e. The van der Waals surface area contributed by atoms with Gasteiger partial charge in [-0.05, 0) is 67.8 Å². The molecule has 2 unspecified atom stereocenters. The third kappa shape index (κ3) is 6.00. The van der Waals surface area contributed by atoms with Gasteiger partial charge in [0.05, 0.1) is 0 Å². The number of halogens is 1. The molecule has 0 aromatic heterocycles. The van der Waals surface area contributed by atoms with E-state index in [1.807, 2.05) is 12.1 Å². The summed E-state index contributed by atoms with van der Waals surface area (Å²) in [6, 6.07) is 8.46. The molecule has 1 aliphatic rings. The molecule has 1 aromatic carbocycles. The van der Waals surface area contributed by atoms with Crippen molar-refractivity contribution in [2.45, 2.75) is 52.4 Å². The Kier molecular flexibility index (Phi) is 7.06. The van der Waals surface area contributed by atoms with Gasteiger partial charge < -0.3 is 5.32 Å². The molecule has 1 aliphatic carbocycles. The van der Waals surface area contributed by atoms with Crippen LogP contribution in [0.4, 0.5) is 0 Å². The number of hydrogen-bond acceptors (Lipinski definition) is 1. The summed E-state index contributed by atoms with van der Waals surface area (Å²) in [5.74, 6) is 2.40. The minimum absolute atomic E-state index is 0.741. The second-order valence-electron chi connectivity index (χ2n) is 7.04. The predicted molar refractivity (Wildman–Crippen MR) is 92.9 cm³/mol. The van der Waals surface area contributed by atoms with Crippen LogP contribution < -0.4 is 5.32 Å². The summed E-state index contributed by atoms with van der Waals surface area (Å²) in [7, 11) is 0. The van der Waals surface area contributed by atoms with Crippen molar-refractivity contribution in [2.75, 3.05) is 13.1 Å². The summed E-state index contributed by atoms with van der Waals surface area (Å²) < 4.78 is 0. The molecule has 1 nitrogen and oxygen atoms in total. The maximum absolute atomic E-state index is 6.00. The van der Waals surface area contributed by atoms with Gasteiger partial charge >= 0.3 is 0 Å². The zero-order chi connectivity index (χ0) is 15.1. The zero-order valence-electron chi connectivity index (χ0n) is 13.6. The summed E-state index contributed by atoms with van der Waals surface area (Å²) in [5.41, 5.74) is 1.44. The fourth-order valence-electron chi connectivity index (χ4n) is 3.48. The van der Waals surface area contributed by atoms with Crippen LogP contribution in [0.5, 0.6) is 0 Å². The second-order valence-corrected chi connectivity index (χ2v) is 7.48. The molecule has 0 heterocycles. The van der Waals surface area contributed by atoms with Crippen molar-refractivity contribution >= 4 is 11.6 Å². The standard InChI is InChI=1S/C19H30ClN/c1-15(2)13-21-14-18-7-5-3-4-6-17(18)12-16-8-10-19(20)11-9-16/h8-11,15,17-18,21H,3-7,12-14H2,1-2H3. The van der Waals surface area contributed by atoms with Gasteiger partial charge in [-0.3, -0.25) is 0 Å². The van der Waals surface area contributed by atoms with Crippen LogP contribution in [0, 0.1) is 17.8 Å². The van der Waals surface area contributed by atoms with Gasteiger partial charge in [0.15, 0.2) is 0 Å². The Morgan fingerprint density at radius 3 is 2.38 bits per heavy atom. The summed E-state index contributed by atoms with van der Waals surface area (Å²) >= 11 is 6.00. The van der Waals surface area contributed by atoms with Gasteiger partial charge in [0.1, 0.15) is 0 Å². The fourth-order valence-corrected chi connectivity index (χ4v) is 3.61. The van der Waals surface area contributed by atoms with Crippen LogP contribution in [0.25, 0.3) is 0 Å². The molecule has 0 aliphatic heterocycles. The van der Waals surface area contributed by atoms with Gasteiger partial charge in [0.25, 0.3) is 0 Å². The summed E-state index contributed by atoms with van der Waals surface area (Å²) in [6.07, 6.45) is 8.22.